The molecule has 0 fully saturated rings. The van der Waals surface area contributed by atoms with Gasteiger partial charge in [-0.2, -0.15) is 0 Å². The van der Waals surface area contributed by atoms with E-state index in [9.17, 15) is 13.2 Å². The average molecular weight is 263 g/mol. The summed E-state index contributed by atoms with van der Waals surface area (Å²) >= 11 is 1.15. The molecular weight excluding hydrogens is 250 g/mol. The fraction of sp³-hybridized carbons (Fsp3) is 0.444. The van der Waals surface area contributed by atoms with Gasteiger partial charge in [0.2, 0.25) is 0 Å². The van der Waals surface area contributed by atoms with Crippen molar-refractivity contribution < 1.29 is 18.3 Å². The summed E-state index contributed by atoms with van der Waals surface area (Å²) in [6.45, 7) is 0.215. The molecule has 0 aliphatic carbocycles. The first-order chi connectivity index (χ1) is 7.44. The van der Waals surface area contributed by atoms with Crippen molar-refractivity contribution in [3.63, 3.8) is 0 Å². The maximum atomic E-state index is 11.9. The van der Waals surface area contributed by atoms with E-state index in [4.69, 9.17) is 5.11 Å². The number of thiophene rings is 1. The van der Waals surface area contributed by atoms with Crippen LogP contribution in [0.1, 0.15) is 12.8 Å². The van der Waals surface area contributed by atoms with E-state index in [1.165, 1.54) is 17.4 Å². The first kappa shape index (κ1) is 13.1. The van der Waals surface area contributed by atoms with E-state index in [1.807, 2.05) is 0 Å². The van der Waals surface area contributed by atoms with Gasteiger partial charge in [0.15, 0.2) is 0 Å². The van der Waals surface area contributed by atoms with Crippen molar-refractivity contribution in [3.05, 3.63) is 17.5 Å². The van der Waals surface area contributed by atoms with Crippen LogP contribution in [0.2, 0.25) is 0 Å². The van der Waals surface area contributed by atoms with Crippen LogP contribution >= 0.6 is 11.3 Å². The van der Waals surface area contributed by atoms with Crippen molar-refractivity contribution in [2.45, 2.75) is 17.1 Å². The summed E-state index contributed by atoms with van der Waals surface area (Å²) in [5.41, 5.74) is 0. The molecule has 1 aromatic heterocycles. The minimum atomic E-state index is -3.43. The van der Waals surface area contributed by atoms with Crippen LogP contribution < -0.4 is 0 Å². The van der Waals surface area contributed by atoms with Gasteiger partial charge < -0.3 is 5.11 Å². The monoisotopic (exact) mass is 263 g/mol. The molecule has 1 heterocycles. The number of nitrogens with zero attached hydrogens (tertiary/aromatic N) is 1. The van der Waals surface area contributed by atoms with Crippen LogP contribution in [0.3, 0.4) is 0 Å². The Labute approximate surface area is 98.4 Å². The lowest BCUT2D eigenvalue weighted by Gasteiger charge is -2.15. The Bertz CT molecular complexity index is 438. The number of sulfonamides is 1. The molecule has 5 nitrogen and oxygen atoms in total. The molecule has 0 spiro atoms. The van der Waals surface area contributed by atoms with Crippen molar-refractivity contribution in [1.29, 1.82) is 0 Å². The van der Waals surface area contributed by atoms with Gasteiger partial charge in [-0.15, -0.1) is 11.3 Å². The van der Waals surface area contributed by atoms with Crippen LogP contribution in [0, 0.1) is 0 Å². The smallest absolute Gasteiger partial charge is 0.303 e. The van der Waals surface area contributed by atoms with Crippen molar-refractivity contribution in [2.24, 2.45) is 0 Å². The quantitative estimate of drug-likeness (QED) is 0.837. The molecule has 0 saturated carbocycles. The molecule has 0 aromatic carbocycles. The minimum Gasteiger partial charge on any atom is -0.481 e. The molecule has 16 heavy (non-hydrogen) atoms. The predicted molar refractivity (Wildman–Crippen MR) is 61.0 cm³/mol. The normalized spacial score (nSPS) is 11.9. The predicted octanol–water partition coefficient (Wildman–Crippen LogP) is 1.23. The lowest BCUT2D eigenvalue weighted by molar-refractivity contribution is -0.137. The summed E-state index contributed by atoms with van der Waals surface area (Å²) < 4.78 is 25.2. The zero-order chi connectivity index (χ0) is 12.2. The Hall–Kier alpha value is -0.920. The van der Waals surface area contributed by atoms with Crippen LogP contribution in [0.5, 0.6) is 0 Å². The maximum Gasteiger partial charge on any atom is 0.303 e. The van der Waals surface area contributed by atoms with Gasteiger partial charge in [-0.3, -0.25) is 4.79 Å². The molecule has 1 N–H and O–H groups in total. The second-order valence-electron chi connectivity index (χ2n) is 3.26. The summed E-state index contributed by atoms with van der Waals surface area (Å²) in [6.07, 6.45) is 0.292. The number of carboxylic acids is 1. The highest BCUT2D eigenvalue weighted by Gasteiger charge is 2.21. The summed E-state index contributed by atoms with van der Waals surface area (Å²) in [6, 6.07) is 3.20. The van der Waals surface area contributed by atoms with E-state index in [2.05, 4.69) is 0 Å². The van der Waals surface area contributed by atoms with Gasteiger partial charge in [0, 0.05) is 20.0 Å². The van der Waals surface area contributed by atoms with Crippen molar-refractivity contribution in [1.82, 2.24) is 4.31 Å². The molecule has 0 bridgehead atoms. The van der Waals surface area contributed by atoms with E-state index < -0.39 is 16.0 Å². The first-order valence-corrected chi connectivity index (χ1v) is 6.98. The number of aliphatic carboxylic acids is 1. The highest BCUT2D eigenvalue weighted by atomic mass is 32.2. The Balaban J connectivity index is 2.60. The highest BCUT2D eigenvalue weighted by molar-refractivity contribution is 7.91. The van der Waals surface area contributed by atoms with Crippen LogP contribution in [-0.4, -0.2) is 37.4 Å². The lowest BCUT2D eigenvalue weighted by atomic mass is 10.3. The minimum absolute atomic E-state index is 0.0235. The van der Waals surface area contributed by atoms with Crippen molar-refractivity contribution >= 4 is 27.3 Å². The summed E-state index contributed by atoms with van der Waals surface area (Å²) in [4.78, 5) is 10.3. The van der Waals surface area contributed by atoms with E-state index >= 15 is 0 Å². The molecule has 0 unspecified atom stereocenters. The molecule has 0 aliphatic heterocycles. The number of rotatable bonds is 6. The lowest BCUT2D eigenvalue weighted by Crippen LogP contribution is -2.27. The van der Waals surface area contributed by atoms with Gasteiger partial charge in [-0.1, -0.05) is 6.07 Å². The van der Waals surface area contributed by atoms with E-state index in [1.54, 1.807) is 11.4 Å². The van der Waals surface area contributed by atoms with Gasteiger partial charge in [0.05, 0.1) is 0 Å². The molecule has 1 rings (SSSR count). The number of carboxylic acid groups (broad SMARTS) is 1. The first-order valence-electron chi connectivity index (χ1n) is 4.66. The largest absolute Gasteiger partial charge is 0.481 e. The molecule has 0 amide bonds. The number of hydrogen-bond donors (Lipinski definition) is 1. The second kappa shape index (κ2) is 5.42. The van der Waals surface area contributed by atoms with Crippen LogP contribution in [0.25, 0.3) is 0 Å². The van der Waals surface area contributed by atoms with Crippen molar-refractivity contribution in [2.75, 3.05) is 13.6 Å². The fourth-order valence-corrected chi connectivity index (χ4v) is 3.55. The summed E-state index contributed by atoms with van der Waals surface area (Å²) in [7, 11) is -1.98. The standard InChI is InChI=1S/C9H13NO4S2/c1-10(6-2-4-8(11)12)16(13,14)9-5-3-7-15-9/h3,5,7H,2,4,6H2,1H3,(H,11,12). The molecule has 90 valence electrons. The molecule has 0 aliphatic rings. The maximum absolute atomic E-state index is 11.9. The molecule has 0 saturated heterocycles. The van der Waals surface area contributed by atoms with E-state index in [-0.39, 0.29) is 17.2 Å². The van der Waals surface area contributed by atoms with Gasteiger partial charge in [-0.05, 0) is 17.9 Å². The van der Waals surface area contributed by atoms with Gasteiger partial charge in [0.1, 0.15) is 4.21 Å². The topological polar surface area (TPSA) is 74.7 Å². The van der Waals surface area contributed by atoms with Crippen molar-refractivity contribution in [3.8, 4) is 0 Å². The molecule has 0 radical (unpaired) electrons. The molecule has 0 atom stereocenters. The SMILES string of the molecule is CN(CCCC(=O)O)S(=O)(=O)c1cccs1. The molecular formula is C9H13NO4S2. The fourth-order valence-electron chi connectivity index (χ4n) is 1.14. The second-order valence-corrected chi connectivity index (χ2v) is 6.48. The molecule has 7 heteroatoms. The highest BCUT2D eigenvalue weighted by Crippen LogP contribution is 2.19. The zero-order valence-electron chi connectivity index (χ0n) is 8.79. The van der Waals surface area contributed by atoms with Crippen LogP contribution in [0.15, 0.2) is 21.7 Å². The zero-order valence-corrected chi connectivity index (χ0v) is 10.4. The van der Waals surface area contributed by atoms with Gasteiger partial charge in [0.25, 0.3) is 10.0 Å². The third-order valence-corrected chi connectivity index (χ3v) is 5.25. The summed E-state index contributed by atoms with van der Waals surface area (Å²) in [5.74, 6) is -0.915. The number of hydrogen-bond acceptors (Lipinski definition) is 4. The third kappa shape index (κ3) is 3.29. The third-order valence-electron chi connectivity index (χ3n) is 2.02. The average Bonchev–Trinajstić information content (AvgIpc) is 2.69. The Morgan fingerprint density at radius 1 is 1.56 bits per heavy atom. The Morgan fingerprint density at radius 3 is 2.75 bits per heavy atom. The van der Waals surface area contributed by atoms with Gasteiger partial charge in [-0.25, -0.2) is 12.7 Å². The number of carbonyl (C=O) groups is 1. The Morgan fingerprint density at radius 2 is 2.25 bits per heavy atom. The van der Waals surface area contributed by atoms with E-state index in [0.29, 0.717) is 6.42 Å². The Kier molecular flexibility index (Phi) is 4.45. The van der Waals surface area contributed by atoms with E-state index in [0.717, 1.165) is 11.3 Å². The van der Waals surface area contributed by atoms with Crippen LogP contribution in [-0.2, 0) is 14.8 Å². The molecule has 1 aromatic rings. The summed E-state index contributed by atoms with van der Waals surface area (Å²) in [5, 5.41) is 10.1. The van der Waals surface area contributed by atoms with Gasteiger partial charge >= 0.3 is 5.97 Å². The van der Waals surface area contributed by atoms with Crippen LogP contribution in [0.4, 0.5) is 0 Å².